The number of anilines is 1. The second-order valence-corrected chi connectivity index (χ2v) is 6.73. The molecule has 0 aliphatic carbocycles. The molecule has 0 bridgehead atoms. The van der Waals surface area contributed by atoms with E-state index in [2.05, 4.69) is 22.4 Å². The standard InChI is InChI=1S/C18H21N3O2S/c1-12-8-9-13(2)15(10-12)24-11-17(22)20-16-7-5-6-14(19-16)18(23)21(3)4/h5-10H,11H2,1-4H3,(H,19,20,22). The first-order chi connectivity index (χ1) is 11.4. The van der Waals surface area contributed by atoms with Crippen LogP contribution in [0.2, 0.25) is 0 Å². The van der Waals surface area contributed by atoms with Crippen molar-refractivity contribution in [3.63, 3.8) is 0 Å². The van der Waals surface area contributed by atoms with E-state index in [0.29, 0.717) is 11.5 Å². The van der Waals surface area contributed by atoms with Gasteiger partial charge in [0.15, 0.2) is 0 Å². The van der Waals surface area contributed by atoms with Gasteiger partial charge in [0, 0.05) is 19.0 Å². The van der Waals surface area contributed by atoms with Gasteiger partial charge in [0.25, 0.3) is 5.91 Å². The van der Waals surface area contributed by atoms with Gasteiger partial charge in [0.05, 0.1) is 5.75 Å². The summed E-state index contributed by atoms with van der Waals surface area (Å²) >= 11 is 1.49. The second kappa shape index (κ2) is 7.97. The van der Waals surface area contributed by atoms with E-state index in [1.54, 1.807) is 32.3 Å². The van der Waals surface area contributed by atoms with Crippen molar-refractivity contribution in [2.24, 2.45) is 0 Å². The van der Waals surface area contributed by atoms with Gasteiger partial charge in [-0.05, 0) is 37.6 Å². The van der Waals surface area contributed by atoms with Gasteiger partial charge >= 0.3 is 0 Å². The number of nitrogens with zero attached hydrogens (tertiary/aromatic N) is 2. The van der Waals surface area contributed by atoms with Gasteiger partial charge in [-0.25, -0.2) is 4.98 Å². The summed E-state index contributed by atoms with van der Waals surface area (Å²) in [6, 6.07) is 11.2. The molecule has 0 atom stereocenters. The van der Waals surface area contributed by atoms with E-state index < -0.39 is 0 Å². The van der Waals surface area contributed by atoms with Gasteiger partial charge in [-0.2, -0.15) is 0 Å². The Balaban J connectivity index is 1.99. The summed E-state index contributed by atoms with van der Waals surface area (Å²) in [4.78, 5) is 30.8. The summed E-state index contributed by atoms with van der Waals surface area (Å²) in [6.45, 7) is 4.05. The number of carbonyl (C=O) groups excluding carboxylic acids is 2. The van der Waals surface area contributed by atoms with Crippen LogP contribution in [0.3, 0.4) is 0 Å². The SMILES string of the molecule is Cc1ccc(C)c(SCC(=O)Nc2cccc(C(=O)N(C)C)n2)c1. The molecule has 2 rings (SSSR count). The summed E-state index contributed by atoms with van der Waals surface area (Å²) in [5.41, 5.74) is 2.62. The number of aryl methyl sites for hydroxylation is 2. The number of benzene rings is 1. The fourth-order valence-electron chi connectivity index (χ4n) is 2.04. The van der Waals surface area contributed by atoms with Crippen molar-refractivity contribution in [1.29, 1.82) is 0 Å². The van der Waals surface area contributed by atoms with Crippen molar-refractivity contribution in [2.75, 3.05) is 25.2 Å². The highest BCUT2D eigenvalue weighted by atomic mass is 32.2. The molecule has 24 heavy (non-hydrogen) atoms. The average Bonchev–Trinajstić information content (AvgIpc) is 2.55. The first-order valence-corrected chi connectivity index (χ1v) is 8.54. The fourth-order valence-corrected chi connectivity index (χ4v) is 2.96. The predicted octanol–water partition coefficient (Wildman–Crippen LogP) is 3.13. The third-order valence-electron chi connectivity index (χ3n) is 3.34. The summed E-state index contributed by atoms with van der Waals surface area (Å²) in [5, 5.41) is 2.74. The van der Waals surface area contributed by atoms with Gasteiger partial charge in [-0.3, -0.25) is 9.59 Å². The van der Waals surface area contributed by atoms with Crippen LogP contribution in [0.4, 0.5) is 5.82 Å². The Morgan fingerprint density at radius 3 is 2.62 bits per heavy atom. The lowest BCUT2D eigenvalue weighted by atomic mass is 10.2. The molecule has 0 aliphatic heterocycles. The van der Waals surface area contributed by atoms with E-state index in [0.717, 1.165) is 10.5 Å². The van der Waals surface area contributed by atoms with Gasteiger partial charge < -0.3 is 10.2 Å². The third-order valence-corrected chi connectivity index (χ3v) is 4.50. The molecule has 126 valence electrons. The van der Waals surface area contributed by atoms with E-state index in [1.165, 1.54) is 22.2 Å². The minimum atomic E-state index is -0.198. The normalized spacial score (nSPS) is 10.3. The lowest BCUT2D eigenvalue weighted by Crippen LogP contribution is -2.23. The van der Waals surface area contributed by atoms with Gasteiger partial charge in [0.2, 0.25) is 5.91 Å². The molecule has 0 saturated heterocycles. The Morgan fingerprint density at radius 2 is 1.92 bits per heavy atom. The largest absolute Gasteiger partial charge is 0.343 e. The van der Waals surface area contributed by atoms with Crippen LogP contribution in [0.15, 0.2) is 41.3 Å². The number of thioether (sulfide) groups is 1. The molecule has 1 N–H and O–H groups in total. The molecule has 5 nitrogen and oxygen atoms in total. The summed E-state index contributed by atoms with van der Waals surface area (Å²) in [5.74, 6) is 0.325. The lowest BCUT2D eigenvalue weighted by molar-refractivity contribution is -0.113. The smallest absolute Gasteiger partial charge is 0.272 e. The van der Waals surface area contributed by atoms with Gasteiger partial charge in [0.1, 0.15) is 11.5 Å². The topological polar surface area (TPSA) is 62.3 Å². The minimum absolute atomic E-state index is 0.150. The van der Waals surface area contributed by atoms with E-state index in [1.807, 2.05) is 19.9 Å². The van der Waals surface area contributed by atoms with Crippen LogP contribution in [0, 0.1) is 13.8 Å². The van der Waals surface area contributed by atoms with Crippen LogP contribution in [0.25, 0.3) is 0 Å². The first kappa shape index (κ1) is 18.0. The molecule has 0 unspecified atom stereocenters. The molecule has 1 aromatic carbocycles. The van der Waals surface area contributed by atoms with Crippen LogP contribution in [0.1, 0.15) is 21.6 Å². The second-order valence-electron chi connectivity index (χ2n) is 5.71. The number of carbonyl (C=O) groups is 2. The number of nitrogens with one attached hydrogen (secondary N) is 1. The average molecular weight is 343 g/mol. The van der Waals surface area contributed by atoms with Crippen molar-refractivity contribution in [1.82, 2.24) is 9.88 Å². The van der Waals surface area contributed by atoms with Crippen molar-refractivity contribution in [2.45, 2.75) is 18.7 Å². The maximum absolute atomic E-state index is 12.1. The molecule has 6 heteroatoms. The summed E-state index contributed by atoms with van der Waals surface area (Å²) in [7, 11) is 3.33. The zero-order valence-corrected chi connectivity index (χ0v) is 15.1. The van der Waals surface area contributed by atoms with E-state index >= 15 is 0 Å². The summed E-state index contributed by atoms with van der Waals surface area (Å²) in [6.07, 6.45) is 0. The number of hydrogen-bond donors (Lipinski definition) is 1. The Hall–Kier alpha value is -2.34. The highest BCUT2D eigenvalue weighted by molar-refractivity contribution is 8.00. The number of hydrogen-bond acceptors (Lipinski definition) is 4. The molecular weight excluding hydrogens is 322 g/mol. The monoisotopic (exact) mass is 343 g/mol. The quantitative estimate of drug-likeness (QED) is 0.847. The number of aromatic nitrogens is 1. The van der Waals surface area contributed by atoms with Crippen molar-refractivity contribution in [3.8, 4) is 0 Å². The van der Waals surface area contributed by atoms with E-state index in [9.17, 15) is 9.59 Å². The minimum Gasteiger partial charge on any atom is -0.343 e. The molecule has 1 heterocycles. The van der Waals surface area contributed by atoms with Gasteiger partial charge in [-0.1, -0.05) is 23.8 Å². The van der Waals surface area contributed by atoms with Crippen LogP contribution >= 0.6 is 11.8 Å². The van der Waals surface area contributed by atoms with Crippen LogP contribution in [-0.4, -0.2) is 41.5 Å². The molecule has 2 aromatic rings. The number of rotatable bonds is 5. The number of amides is 2. The maximum Gasteiger partial charge on any atom is 0.272 e. The van der Waals surface area contributed by atoms with Crippen LogP contribution in [-0.2, 0) is 4.79 Å². The van der Waals surface area contributed by atoms with Crippen LogP contribution in [0.5, 0.6) is 0 Å². The van der Waals surface area contributed by atoms with Crippen molar-refractivity contribution >= 4 is 29.4 Å². The fraction of sp³-hybridized carbons (Fsp3) is 0.278. The predicted molar refractivity (Wildman–Crippen MR) is 97.5 cm³/mol. The first-order valence-electron chi connectivity index (χ1n) is 7.55. The summed E-state index contributed by atoms with van der Waals surface area (Å²) < 4.78 is 0. The zero-order valence-electron chi connectivity index (χ0n) is 14.3. The van der Waals surface area contributed by atoms with E-state index in [4.69, 9.17) is 0 Å². The highest BCUT2D eigenvalue weighted by Crippen LogP contribution is 2.23. The van der Waals surface area contributed by atoms with Crippen molar-refractivity contribution < 1.29 is 9.59 Å². The molecule has 0 spiro atoms. The van der Waals surface area contributed by atoms with Gasteiger partial charge in [-0.15, -0.1) is 11.8 Å². The lowest BCUT2D eigenvalue weighted by Gasteiger charge is -2.11. The van der Waals surface area contributed by atoms with E-state index in [-0.39, 0.29) is 17.6 Å². The molecule has 0 fully saturated rings. The Bertz CT molecular complexity index is 760. The number of pyridine rings is 1. The Labute approximate surface area is 146 Å². The zero-order chi connectivity index (χ0) is 17.7. The molecule has 1 aromatic heterocycles. The maximum atomic E-state index is 12.1. The molecular formula is C18H21N3O2S. The highest BCUT2D eigenvalue weighted by Gasteiger charge is 2.11. The van der Waals surface area contributed by atoms with Crippen molar-refractivity contribution in [3.05, 3.63) is 53.2 Å². The molecule has 0 radical (unpaired) electrons. The molecule has 0 saturated carbocycles. The van der Waals surface area contributed by atoms with Crippen LogP contribution < -0.4 is 5.32 Å². The Kier molecular flexibility index (Phi) is 5.98. The molecule has 0 aliphatic rings. The molecule has 2 amide bonds. The third kappa shape index (κ3) is 4.83. The Morgan fingerprint density at radius 1 is 1.17 bits per heavy atom.